The predicted octanol–water partition coefficient (Wildman–Crippen LogP) is -2.76. The second kappa shape index (κ2) is 7.28. The predicted molar refractivity (Wildman–Crippen MR) is 37.8 cm³/mol. The van der Waals surface area contributed by atoms with E-state index in [1.807, 2.05) is 36.4 Å². The van der Waals surface area contributed by atoms with E-state index in [4.69, 9.17) is 0 Å². The van der Waals surface area contributed by atoms with Gasteiger partial charge in [0.2, 0.25) is 0 Å². The van der Waals surface area contributed by atoms with Gasteiger partial charge in [0.15, 0.2) is 0 Å². The van der Waals surface area contributed by atoms with Crippen molar-refractivity contribution in [2.24, 2.45) is 0 Å². The molecule has 0 heterocycles. The third-order valence-electron chi connectivity index (χ3n) is 0.667. The summed E-state index contributed by atoms with van der Waals surface area (Å²) in [5.41, 5.74) is 0. The molecule has 0 unspecified atom stereocenters. The van der Waals surface area contributed by atoms with E-state index < -0.39 is 0 Å². The van der Waals surface area contributed by atoms with Gasteiger partial charge in [-0.25, -0.2) is 0 Å². The van der Waals surface area contributed by atoms with Crippen molar-refractivity contribution in [2.45, 2.75) is 0 Å². The minimum atomic E-state index is 0. The molecule has 2 heteroatoms. The van der Waals surface area contributed by atoms with Gasteiger partial charge in [-0.2, -0.15) is 0 Å². The van der Waals surface area contributed by atoms with Gasteiger partial charge in [-0.15, -0.1) is 0 Å². The summed E-state index contributed by atoms with van der Waals surface area (Å²) < 4.78 is 0. The van der Waals surface area contributed by atoms with Gasteiger partial charge in [0.25, 0.3) is 0 Å². The summed E-state index contributed by atoms with van der Waals surface area (Å²) in [6, 6.07) is 12.0. The first-order valence-corrected chi connectivity index (χ1v) is 2.00. The van der Waals surface area contributed by atoms with E-state index in [1.165, 1.54) is 0 Å². The van der Waals surface area contributed by atoms with Crippen LogP contribution in [0.4, 0.5) is 0 Å². The molecule has 0 nitrogen and oxygen atoms in total. The van der Waals surface area contributed by atoms with Crippen molar-refractivity contribution >= 4 is 8.41 Å². The van der Waals surface area contributed by atoms with E-state index in [0.717, 1.165) is 0 Å². The largest absolute Gasteiger partial charge is 1.00 e. The summed E-state index contributed by atoms with van der Waals surface area (Å²) in [6.45, 7) is 0. The normalized spacial score (nSPS) is 6.00. The topological polar surface area (TPSA) is 0 Å². The van der Waals surface area contributed by atoms with Crippen molar-refractivity contribution in [3.8, 4) is 0 Å². The Hall–Kier alpha value is 0.285. The fraction of sp³-hybridized carbons (Fsp3) is 0. The Morgan fingerprint density at radius 1 is 0.500 bits per heavy atom. The molecule has 8 heavy (non-hydrogen) atoms. The van der Waals surface area contributed by atoms with Crippen LogP contribution in [0.1, 0.15) is 0 Å². The van der Waals surface area contributed by atoms with Crippen LogP contribution >= 0.6 is 0 Å². The van der Waals surface area contributed by atoms with E-state index in [0.29, 0.717) is 0 Å². The molecule has 0 fully saturated rings. The monoisotopic (exact) mass is 116 g/mol. The number of rotatable bonds is 0. The molecule has 0 aliphatic rings. The van der Waals surface area contributed by atoms with E-state index in [-0.39, 0.29) is 38.0 Å². The van der Waals surface area contributed by atoms with Gasteiger partial charge < -0.3 is 0 Å². The Labute approximate surface area is 74.2 Å². The van der Waals surface area contributed by atoms with Crippen LogP contribution in [0.15, 0.2) is 36.4 Å². The summed E-state index contributed by atoms with van der Waals surface area (Å²) in [6.07, 6.45) is 0. The molecule has 0 bridgehead atoms. The molecular formula is C6H10BNa. The maximum Gasteiger partial charge on any atom is 1.00 e. The van der Waals surface area contributed by atoms with Gasteiger partial charge in [0.05, 0.1) is 0 Å². The molecular weight excluding hydrogens is 106 g/mol. The quantitative estimate of drug-likeness (QED) is 0.322. The first-order chi connectivity index (χ1) is 3.00. The molecule has 0 aromatic heterocycles. The second-order valence-corrected chi connectivity index (χ2v) is 1.15. The molecule has 0 radical (unpaired) electrons. The van der Waals surface area contributed by atoms with Gasteiger partial charge in [0.1, 0.15) is 0 Å². The van der Waals surface area contributed by atoms with E-state index in [9.17, 15) is 0 Å². The van der Waals surface area contributed by atoms with Crippen LogP contribution < -0.4 is 29.6 Å². The molecule has 1 aromatic carbocycles. The zero-order valence-electron chi connectivity index (χ0n) is 4.46. The second-order valence-electron chi connectivity index (χ2n) is 1.15. The average molecular weight is 116 g/mol. The van der Waals surface area contributed by atoms with Crippen LogP contribution in [0.2, 0.25) is 0 Å². The summed E-state index contributed by atoms with van der Waals surface area (Å²) in [7, 11) is 0. The number of hydrogen-bond donors (Lipinski definition) is 0. The van der Waals surface area contributed by atoms with Gasteiger partial charge in [-0.1, -0.05) is 44.8 Å². The first kappa shape index (κ1) is 11.1. The smallest absolute Gasteiger partial charge is 0.0626 e. The Bertz CT molecular complexity index is 80.5. The van der Waals surface area contributed by atoms with Gasteiger partial charge in [-0.3, -0.25) is 0 Å². The maximum absolute atomic E-state index is 2.00. The summed E-state index contributed by atoms with van der Waals surface area (Å²) in [5, 5.41) is 0. The molecule has 0 aliphatic carbocycles. The van der Waals surface area contributed by atoms with Crippen molar-refractivity contribution < 1.29 is 29.6 Å². The third-order valence-corrected chi connectivity index (χ3v) is 0.667. The summed E-state index contributed by atoms with van der Waals surface area (Å²) in [5.74, 6) is 0. The molecule has 1 rings (SSSR count). The average Bonchev–Trinajstić information content (AvgIpc) is 1.72. The minimum Gasteiger partial charge on any atom is -0.0626 e. The molecule has 0 spiro atoms. The van der Waals surface area contributed by atoms with Gasteiger partial charge in [-0.05, 0) is 0 Å². The Balaban J connectivity index is 0. The fourth-order valence-electron chi connectivity index (χ4n) is 0.385. The van der Waals surface area contributed by atoms with E-state index >= 15 is 0 Å². The first-order valence-electron chi connectivity index (χ1n) is 2.00. The van der Waals surface area contributed by atoms with Crippen LogP contribution in [0, 0.1) is 0 Å². The Morgan fingerprint density at radius 3 is 0.750 bits per heavy atom. The summed E-state index contributed by atoms with van der Waals surface area (Å²) in [4.78, 5) is 0. The van der Waals surface area contributed by atoms with Crippen LogP contribution in [-0.4, -0.2) is 8.41 Å². The van der Waals surface area contributed by atoms with Crippen molar-refractivity contribution in [1.82, 2.24) is 0 Å². The zero-order valence-corrected chi connectivity index (χ0v) is 6.46. The Kier molecular flexibility index (Phi) is 10.1. The number of hydrogen-bond acceptors (Lipinski definition) is 0. The molecule has 0 aliphatic heterocycles. The molecule has 0 saturated carbocycles. The standard InChI is InChI=1S/C6H6.BH4.Na/c1-2-4-6-5-3-1;;/h1-6H;1H4;/q;-1;+1. The van der Waals surface area contributed by atoms with Crippen LogP contribution in [0.3, 0.4) is 0 Å². The van der Waals surface area contributed by atoms with Crippen molar-refractivity contribution in [1.29, 1.82) is 0 Å². The maximum atomic E-state index is 2.00. The third kappa shape index (κ3) is 4.44. The molecule has 0 N–H and O–H groups in total. The SMILES string of the molecule is [BH4-].[Na+].c1ccccc1. The number of benzene rings is 1. The van der Waals surface area contributed by atoms with Crippen molar-refractivity contribution in [3.63, 3.8) is 0 Å². The fourth-order valence-corrected chi connectivity index (χ4v) is 0.385. The van der Waals surface area contributed by atoms with Crippen molar-refractivity contribution in [2.75, 3.05) is 0 Å². The van der Waals surface area contributed by atoms with Crippen LogP contribution in [-0.2, 0) is 0 Å². The van der Waals surface area contributed by atoms with E-state index in [1.54, 1.807) is 0 Å². The van der Waals surface area contributed by atoms with Crippen LogP contribution in [0.25, 0.3) is 0 Å². The minimum absolute atomic E-state index is 0. The zero-order chi connectivity index (χ0) is 4.24. The molecule has 38 valence electrons. The molecule has 0 amide bonds. The van der Waals surface area contributed by atoms with Crippen LogP contribution in [0.5, 0.6) is 0 Å². The molecule has 1 aromatic rings. The van der Waals surface area contributed by atoms with E-state index in [2.05, 4.69) is 0 Å². The van der Waals surface area contributed by atoms with Gasteiger partial charge in [0, 0.05) is 0 Å². The van der Waals surface area contributed by atoms with Crippen molar-refractivity contribution in [3.05, 3.63) is 36.4 Å². The molecule has 0 saturated heterocycles. The Morgan fingerprint density at radius 2 is 0.625 bits per heavy atom. The van der Waals surface area contributed by atoms with Gasteiger partial charge >= 0.3 is 29.6 Å². The summed E-state index contributed by atoms with van der Waals surface area (Å²) >= 11 is 0. The molecule has 0 atom stereocenters.